The van der Waals surface area contributed by atoms with Gasteiger partial charge < -0.3 is 24.1 Å². The minimum absolute atomic E-state index is 0.0287. The van der Waals surface area contributed by atoms with Gasteiger partial charge in [0.15, 0.2) is 11.5 Å². The number of sulfonamides is 1. The van der Waals surface area contributed by atoms with Crippen LogP contribution < -0.4 is 14.8 Å². The quantitative estimate of drug-likeness (QED) is 0.338. The molecule has 3 rings (SSSR count). The number of anilines is 1. The number of carbonyl (C=O) groups excluding carboxylic acids is 2. The first-order valence-corrected chi connectivity index (χ1v) is 13.9. The van der Waals surface area contributed by atoms with Crippen molar-refractivity contribution < 1.29 is 31.9 Å². The smallest absolute Gasteiger partial charge is 0.243 e. The molecule has 0 aliphatic rings. The molecule has 0 bridgehead atoms. The molecule has 3 aromatic rings. The number of hydrogen-bond donors (Lipinski definition) is 1. The third-order valence-electron chi connectivity index (χ3n) is 6.05. The second-order valence-electron chi connectivity index (χ2n) is 9.18. The normalized spacial score (nSPS) is 11.5. The van der Waals surface area contributed by atoms with Crippen LogP contribution in [-0.2, 0) is 32.6 Å². The van der Waals surface area contributed by atoms with Gasteiger partial charge in [-0.15, -0.1) is 0 Å². The van der Waals surface area contributed by atoms with Crippen LogP contribution in [0.15, 0.2) is 70.2 Å². The van der Waals surface area contributed by atoms with Crippen molar-refractivity contribution in [1.29, 1.82) is 0 Å². The van der Waals surface area contributed by atoms with E-state index >= 15 is 0 Å². The Labute approximate surface area is 229 Å². The maximum atomic E-state index is 13.6. The van der Waals surface area contributed by atoms with Crippen LogP contribution >= 0.6 is 0 Å². The van der Waals surface area contributed by atoms with E-state index < -0.39 is 16.1 Å². The molecule has 0 saturated carbocycles. The number of rotatable bonds is 13. The van der Waals surface area contributed by atoms with Crippen molar-refractivity contribution in [3.63, 3.8) is 0 Å². The van der Waals surface area contributed by atoms with E-state index in [0.717, 1.165) is 5.56 Å². The van der Waals surface area contributed by atoms with Gasteiger partial charge in [-0.25, -0.2) is 8.42 Å². The Morgan fingerprint density at radius 1 is 1.00 bits per heavy atom. The fourth-order valence-electron chi connectivity index (χ4n) is 4.01. The zero-order valence-electron chi connectivity index (χ0n) is 22.8. The van der Waals surface area contributed by atoms with Crippen LogP contribution in [0.1, 0.15) is 32.1 Å². The minimum atomic E-state index is -4.00. The average molecular weight is 558 g/mol. The molecule has 2 aromatic carbocycles. The largest absolute Gasteiger partial charge is 0.493 e. The predicted octanol–water partition coefficient (Wildman–Crippen LogP) is 3.93. The summed E-state index contributed by atoms with van der Waals surface area (Å²) in [7, 11) is -0.880. The summed E-state index contributed by atoms with van der Waals surface area (Å²) in [5.41, 5.74) is 1.41. The average Bonchev–Trinajstić information content (AvgIpc) is 3.42. The van der Waals surface area contributed by atoms with Crippen molar-refractivity contribution in [2.75, 3.05) is 32.6 Å². The molecular weight excluding hydrogens is 522 g/mol. The summed E-state index contributed by atoms with van der Waals surface area (Å²) in [5.74, 6) is 1.15. The number of furan rings is 1. The number of methoxy groups -OCH3 is 2. The van der Waals surface area contributed by atoms with Crippen molar-refractivity contribution >= 4 is 27.5 Å². The monoisotopic (exact) mass is 557 g/mol. The summed E-state index contributed by atoms with van der Waals surface area (Å²) in [4.78, 5) is 26.5. The summed E-state index contributed by atoms with van der Waals surface area (Å²) in [6.07, 6.45) is 2.04. The Hall–Kier alpha value is -3.83. The van der Waals surface area contributed by atoms with Gasteiger partial charge in [-0.2, -0.15) is 4.31 Å². The number of nitrogens with one attached hydrogen (secondary N) is 1. The molecular formula is C28H35N3O7S. The lowest BCUT2D eigenvalue weighted by atomic mass is 10.1. The van der Waals surface area contributed by atoms with Crippen molar-refractivity contribution in [2.45, 2.75) is 44.7 Å². The number of nitrogens with zero attached hydrogens (tertiary/aromatic N) is 2. The third-order valence-corrected chi connectivity index (χ3v) is 8.08. The van der Waals surface area contributed by atoms with E-state index in [1.807, 2.05) is 12.1 Å². The molecule has 0 aliphatic heterocycles. The zero-order chi connectivity index (χ0) is 28.6. The highest BCUT2D eigenvalue weighted by Crippen LogP contribution is 2.28. The molecule has 0 fully saturated rings. The molecule has 210 valence electrons. The Morgan fingerprint density at radius 2 is 1.69 bits per heavy atom. The van der Waals surface area contributed by atoms with E-state index in [4.69, 9.17) is 13.9 Å². The predicted molar refractivity (Wildman–Crippen MR) is 147 cm³/mol. The summed E-state index contributed by atoms with van der Waals surface area (Å²) >= 11 is 0. The number of ether oxygens (including phenoxy) is 2. The van der Waals surface area contributed by atoms with E-state index in [0.29, 0.717) is 35.9 Å². The fourth-order valence-corrected chi connectivity index (χ4v) is 5.60. The Kier molecular flexibility index (Phi) is 10.1. The number of benzene rings is 2. The molecule has 2 amide bonds. The first kappa shape index (κ1) is 29.7. The van der Waals surface area contributed by atoms with Crippen LogP contribution in [0, 0.1) is 0 Å². The SMILES string of the molecule is COc1ccc(CCN(Cc2ccco2)C(=O)CN(C(C)C)S(=O)(=O)c2ccc(NC(C)=O)cc2)cc1OC. The van der Waals surface area contributed by atoms with Gasteiger partial charge in [-0.05, 0) is 74.4 Å². The highest BCUT2D eigenvalue weighted by atomic mass is 32.2. The van der Waals surface area contributed by atoms with Crippen LogP contribution in [0.25, 0.3) is 0 Å². The lowest BCUT2D eigenvalue weighted by Crippen LogP contribution is -2.46. The first-order chi connectivity index (χ1) is 18.5. The van der Waals surface area contributed by atoms with Crippen LogP contribution in [-0.4, -0.2) is 62.8 Å². The van der Waals surface area contributed by atoms with Crippen molar-refractivity contribution in [3.8, 4) is 11.5 Å². The van der Waals surface area contributed by atoms with Crippen LogP contribution in [0.2, 0.25) is 0 Å². The molecule has 11 heteroatoms. The second-order valence-corrected chi connectivity index (χ2v) is 11.1. The van der Waals surface area contributed by atoms with Crippen molar-refractivity contribution in [3.05, 3.63) is 72.2 Å². The minimum Gasteiger partial charge on any atom is -0.493 e. The molecule has 0 saturated heterocycles. The Bertz CT molecular complexity index is 1350. The fraction of sp³-hybridized carbons (Fsp3) is 0.357. The van der Waals surface area contributed by atoms with Gasteiger partial charge in [-0.1, -0.05) is 6.07 Å². The lowest BCUT2D eigenvalue weighted by Gasteiger charge is -2.29. The molecule has 0 atom stereocenters. The standard InChI is InChI=1S/C28H35N3O7S/c1-20(2)31(39(34,35)25-11-9-23(10-12-25)29-21(3)32)19-28(33)30(18-24-7-6-16-38-24)15-14-22-8-13-26(36-4)27(17-22)37-5/h6-13,16-17,20H,14-15,18-19H2,1-5H3,(H,29,32). The number of amides is 2. The van der Waals surface area contributed by atoms with Gasteiger partial charge in [0.05, 0.1) is 38.5 Å². The van der Waals surface area contributed by atoms with Crippen LogP contribution in [0.5, 0.6) is 11.5 Å². The van der Waals surface area contributed by atoms with Crippen molar-refractivity contribution in [2.24, 2.45) is 0 Å². The Balaban J connectivity index is 1.81. The third kappa shape index (κ3) is 7.84. The summed E-state index contributed by atoms with van der Waals surface area (Å²) in [6, 6.07) is 14.4. The number of hydrogen-bond acceptors (Lipinski definition) is 7. The van der Waals surface area contributed by atoms with E-state index in [9.17, 15) is 18.0 Å². The van der Waals surface area contributed by atoms with Gasteiger partial charge in [0.2, 0.25) is 21.8 Å². The highest BCUT2D eigenvalue weighted by molar-refractivity contribution is 7.89. The molecule has 1 aromatic heterocycles. The topological polar surface area (TPSA) is 118 Å². The lowest BCUT2D eigenvalue weighted by molar-refractivity contribution is -0.132. The van der Waals surface area contributed by atoms with E-state index in [1.54, 1.807) is 51.2 Å². The molecule has 0 spiro atoms. The molecule has 10 nitrogen and oxygen atoms in total. The van der Waals surface area contributed by atoms with Crippen LogP contribution in [0.4, 0.5) is 5.69 Å². The second kappa shape index (κ2) is 13.3. The first-order valence-electron chi connectivity index (χ1n) is 12.5. The van der Waals surface area contributed by atoms with Gasteiger partial charge >= 0.3 is 0 Å². The molecule has 39 heavy (non-hydrogen) atoms. The van der Waals surface area contributed by atoms with E-state index in [-0.39, 0.29) is 29.8 Å². The maximum absolute atomic E-state index is 13.6. The summed E-state index contributed by atoms with van der Waals surface area (Å²) in [6.45, 7) is 4.98. The van der Waals surface area contributed by atoms with Gasteiger partial charge in [0.1, 0.15) is 5.76 Å². The summed E-state index contributed by atoms with van der Waals surface area (Å²) in [5, 5.41) is 2.61. The molecule has 1 heterocycles. The van der Waals surface area contributed by atoms with Gasteiger partial charge in [0.25, 0.3) is 0 Å². The van der Waals surface area contributed by atoms with E-state index in [1.165, 1.54) is 41.8 Å². The molecule has 0 radical (unpaired) electrons. The van der Waals surface area contributed by atoms with E-state index in [2.05, 4.69) is 5.32 Å². The highest BCUT2D eigenvalue weighted by Gasteiger charge is 2.31. The molecule has 0 unspecified atom stereocenters. The maximum Gasteiger partial charge on any atom is 0.243 e. The summed E-state index contributed by atoms with van der Waals surface area (Å²) < 4.78 is 44.4. The Morgan fingerprint density at radius 3 is 2.26 bits per heavy atom. The van der Waals surface area contributed by atoms with Crippen LogP contribution in [0.3, 0.4) is 0 Å². The van der Waals surface area contributed by atoms with Gasteiger partial charge in [0, 0.05) is 25.2 Å². The molecule has 1 N–H and O–H groups in total. The van der Waals surface area contributed by atoms with Gasteiger partial charge in [-0.3, -0.25) is 9.59 Å². The van der Waals surface area contributed by atoms with Crippen molar-refractivity contribution in [1.82, 2.24) is 9.21 Å². The molecule has 0 aliphatic carbocycles. The number of carbonyl (C=O) groups is 2. The zero-order valence-corrected chi connectivity index (χ0v) is 23.7.